The number of nitrogens with one attached hydrogen (secondary N) is 1. The van der Waals surface area contributed by atoms with Gasteiger partial charge in [0.15, 0.2) is 0 Å². The molecule has 3 aromatic carbocycles. The molecule has 1 aliphatic rings. The number of aryl methyl sites for hydroxylation is 3. The van der Waals surface area contributed by atoms with Gasteiger partial charge < -0.3 is 5.32 Å². The van der Waals surface area contributed by atoms with Gasteiger partial charge in [0, 0.05) is 0 Å². The fourth-order valence-corrected chi connectivity index (χ4v) is 6.28. The first-order chi connectivity index (χ1) is 16.8. The van der Waals surface area contributed by atoms with E-state index in [0.717, 1.165) is 28.3 Å². The lowest BCUT2D eigenvalue weighted by Crippen LogP contribution is -2.42. The highest BCUT2D eigenvalue weighted by Crippen LogP contribution is 2.31. The van der Waals surface area contributed by atoms with Gasteiger partial charge in [0.1, 0.15) is 6.54 Å². The lowest BCUT2D eigenvalue weighted by molar-refractivity contribution is -0.120. The second kappa shape index (κ2) is 10.8. The molecule has 1 N–H and O–H groups in total. The van der Waals surface area contributed by atoms with Gasteiger partial charge in [-0.2, -0.15) is 0 Å². The fourth-order valence-electron chi connectivity index (χ4n) is 4.55. The maximum atomic E-state index is 13.6. The summed E-state index contributed by atoms with van der Waals surface area (Å²) in [5.41, 5.74) is 5.00. The van der Waals surface area contributed by atoms with E-state index in [-0.39, 0.29) is 34.1 Å². The lowest BCUT2D eigenvalue weighted by Gasteiger charge is -2.27. The molecular weight excluding hydrogens is 480 g/mol. The summed E-state index contributed by atoms with van der Waals surface area (Å²) in [6, 6.07) is 19.5. The summed E-state index contributed by atoms with van der Waals surface area (Å²) in [4.78, 5) is 13.4. The molecule has 1 atom stereocenters. The number of fused-ring (bicyclic) bond motifs is 1. The van der Waals surface area contributed by atoms with E-state index in [0.29, 0.717) is 6.42 Å². The Balaban J connectivity index is 1.61. The third-order valence-electron chi connectivity index (χ3n) is 6.54. The van der Waals surface area contributed by atoms with Crippen molar-refractivity contribution in [2.24, 2.45) is 0 Å². The number of sulfonamides is 1. The van der Waals surface area contributed by atoms with Crippen LogP contribution in [0.25, 0.3) is 0 Å². The van der Waals surface area contributed by atoms with Crippen molar-refractivity contribution in [3.63, 3.8) is 0 Å². The van der Waals surface area contributed by atoms with Crippen LogP contribution < -0.4 is 9.62 Å². The highest BCUT2D eigenvalue weighted by molar-refractivity contribution is 7.92. The molecule has 7 heteroatoms. The second-order valence-electron chi connectivity index (χ2n) is 9.04. The van der Waals surface area contributed by atoms with Crippen LogP contribution in [-0.2, 0) is 27.7 Å². The summed E-state index contributed by atoms with van der Waals surface area (Å²) in [6.07, 6.45) is 5.25. The Morgan fingerprint density at radius 2 is 1.69 bits per heavy atom. The zero-order valence-electron chi connectivity index (χ0n) is 20.1. The third-order valence-corrected chi connectivity index (χ3v) is 8.63. The minimum Gasteiger partial charge on any atom is -0.348 e. The van der Waals surface area contributed by atoms with Gasteiger partial charge in [0.05, 0.1) is 21.6 Å². The molecule has 0 heterocycles. The number of rotatable bonds is 8. The topological polar surface area (TPSA) is 66.5 Å². The Bertz CT molecular complexity index is 1310. The molecule has 184 valence electrons. The van der Waals surface area contributed by atoms with Gasteiger partial charge in [-0.25, -0.2) is 8.42 Å². The molecule has 0 spiro atoms. The molecule has 1 aliphatic carbocycles. The molecule has 0 saturated heterocycles. The van der Waals surface area contributed by atoms with Crippen molar-refractivity contribution in [1.29, 1.82) is 0 Å². The minimum absolute atomic E-state index is 0.109. The van der Waals surface area contributed by atoms with Crippen LogP contribution >= 0.6 is 11.6 Å². The third kappa shape index (κ3) is 5.71. The van der Waals surface area contributed by atoms with Crippen molar-refractivity contribution < 1.29 is 13.2 Å². The number of hydrogen-bond acceptors (Lipinski definition) is 3. The van der Waals surface area contributed by atoms with Crippen molar-refractivity contribution in [2.75, 3.05) is 10.8 Å². The van der Waals surface area contributed by atoms with Gasteiger partial charge in [0.2, 0.25) is 5.91 Å². The zero-order chi connectivity index (χ0) is 25.0. The van der Waals surface area contributed by atoms with E-state index in [1.807, 2.05) is 13.8 Å². The van der Waals surface area contributed by atoms with E-state index in [9.17, 15) is 13.2 Å². The molecule has 0 radical (unpaired) electrons. The first-order valence-electron chi connectivity index (χ1n) is 12.0. The summed E-state index contributed by atoms with van der Waals surface area (Å²) in [5.74, 6) is -0.384. The molecule has 0 aromatic heterocycles. The standard InChI is InChI=1S/C28H31ClN2O3S/c1-3-26(23-15-14-21-8-4-5-9-22(21)18-23)30-28(32)19-31(27-11-7-6-10-25(27)29)35(33,34)24-16-12-20(2)13-17-24/h6-7,10-18,26H,3-5,8-9,19H2,1-2H3,(H,30,32)/t26-/m0/s1. The number of carbonyl (C=O) groups is 1. The number of benzene rings is 3. The predicted molar refractivity (Wildman–Crippen MR) is 141 cm³/mol. The second-order valence-corrected chi connectivity index (χ2v) is 11.3. The average molecular weight is 511 g/mol. The smallest absolute Gasteiger partial charge is 0.264 e. The zero-order valence-corrected chi connectivity index (χ0v) is 21.7. The molecular formula is C28H31ClN2O3S. The molecule has 0 saturated carbocycles. The maximum absolute atomic E-state index is 13.6. The Morgan fingerprint density at radius 1 is 1.00 bits per heavy atom. The van der Waals surface area contributed by atoms with E-state index in [1.54, 1.807) is 48.5 Å². The normalized spacial score (nSPS) is 14.1. The van der Waals surface area contributed by atoms with Crippen molar-refractivity contribution in [3.8, 4) is 0 Å². The Morgan fingerprint density at radius 3 is 2.37 bits per heavy atom. The van der Waals surface area contributed by atoms with Crippen LogP contribution in [-0.4, -0.2) is 20.9 Å². The predicted octanol–water partition coefficient (Wildman–Crippen LogP) is 5.99. The Labute approximate surface area is 213 Å². The number of carbonyl (C=O) groups excluding carboxylic acids is 1. The lowest BCUT2D eigenvalue weighted by atomic mass is 9.89. The molecule has 4 rings (SSSR count). The van der Waals surface area contributed by atoms with E-state index in [2.05, 4.69) is 23.5 Å². The van der Waals surface area contributed by atoms with Gasteiger partial charge in [-0.05, 0) is 80.0 Å². The molecule has 35 heavy (non-hydrogen) atoms. The Kier molecular flexibility index (Phi) is 7.82. The van der Waals surface area contributed by atoms with Gasteiger partial charge in [-0.1, -0.05) is 66.6 Å². The van der Waals surface area contributed by atoms with Crippen LogP contribution in [0, 0.1) is 6.92 Å². The van der Waals surface area contributed by atoms with E-state index >= 15 is 0 Å². The van der Waals surface area contributed by atoms with Crippen LogP contribution in [0.15, 0.2) is 71.6 Å². The number of halogens is 1. The van der Waals surface area contributed by atoms with Crippen LogP contribution in [0.2, 0.25) is 5.02 Å². The number of nitrogens with zero attached hydrogens (tertiary/aromatic N) is 1. The van der Waals surface area contributed by atoms with Crippen molar-refractivity contribution in [1.82, 2.24) is 5.32 Å². The highest BCUT2D eigenvalue weighted by atomic mass is 35.5. The molecule has 3 aromatic rings. The van der Waals surface area contributed by atoms with Gasteiger partial charge >= 0.3 is 0 Å². The van der Waals surface area contributed by atoms with Crippen molar-refractivity contribution >= 4 is 33.2 Å². The summed E-state index contributed by atoms with van der Waals surface area (Å²) in [7, 11) is -4.02. The highest BCUT2D eigenvalue weighted by Gasteiger charge is 2.29. The minimum atomic E-state index is -4.02. The van der Waals surface area contributed by atoms with Crippen LogP contribution in [0.4, 0.5) is 5.69 Å². The first-order valence-corrected chi connectivity index (χ1v) is 13.9. The average Bonchev–Trinajstić information content (AvgIpc) is 2.86. The van der Waals surface area contributed by atoms with Gasteiger partial charge in [-0.15, -0.1) is 0 Å². The first kappa shape index (κ1) is 25.3. The van der Waals surface area contributed by atoms with Crippen LogP contribution in [0.3, 0.4) is 0 Å². The van der Waals surface area contributed by atoms with Crippen molar-refractivity contribution in [3.05, 3.63) is 94.0 Å². The van der Waals surface area contributed by atoms with E-state index in [1.165, 1.54) is 24.0 Å². The molecule has 1 amide bonds. The SMILES string of the molecule is CC[C@H](NC(=O)CN(c1ccccc1Cl)S(=O)(=O)c1ccc(C)cc1)c1ccc2c(c1)CCCC2. The quantitative estimate of drug-likeness (QED) is 0.404. The monoisotopic (exact) mass is 510 g/mol. The Hall–Kier alpha value is -2.83. The largest absolute Gasteiger partial charge is 0.348 e. The van der Waals surface area contributed by atoms with Crippen LogP contribution in [0.1, 0.15) is 54.5 Å². The van der Waals surface area contributed by atoms with Gasteiger partial charge in [-0.3, -0.25) is 9.10 Å². The molecule has 0 fully saturated rings. The van der Waals surface area contributed by atoms with E-state index < -0.39 is 10.0 Å². The molecule has 0 unspecified atom stereocenters. The maximum Gasteiger partial charge on any atom is 0.264 e. The number of amides is 1. The molecule has 0 aliphatic heterocycles. The van der Waals surface area contributed by atoms with Crippen molar-refractivity contribution in [2.45, 2.75) is 56.9 Å². The summed E-state index contributed by atoms with van der Waals surface area (Å²) in [6.45, 7) is 3.53. The summed E-state index contributed by atoms with van der Waals surface area (Å²) < 4.78 is 28.3. The summed E-state index contributed by atoms with van der Waals surface area (Å²) >= 11 is 6.38. The number of para-hydroxylation sites is 1. The fraction of sp³-hybridized carbons (Fsp3) is 0.321. The van der Waals surface area contributed by atoms with Crippen LogP contribution in [0.5, 0.6) is 0 Å². The number of hydrogen-bond donors (Lipinski definition) is 1. The van der Waals surface area contributed by atoms with E-state index in [4.69, 9.17) is 11.6 Å². The number of anilines is 1. The molecule has 5 nitrogen and oxygen atoms in total. The van der Waals surface area contributed by atoms with Gasteiger partial charge in [0.25, 0.3) is 10.0 Å². The molecule has 0 bridgehead atoms. The summed E-state index contributed by atoms with van der Waals surface area (Å²) in [5, 5.41) is 3.32.